The number of carbonyl (C=O) groups excluding carboxylic acids is 3. The predicted molar refractivity (Wildman–Crippen MR) is 89.5 cm³/mol. The van der Waals surface area contributed by atoms with Crippen molar-refractivity contribution in [3.05, 3.63) is 0 Å². The average Bonchev–Trinajstić information content (AvgIpc) is 2.45. The van der Waals surface area contributed by atoms with E-state index in [0.29, 0.717) is 12.3 Å². The number of nitrogens with zero attached hydrogens (tertiary/aromatic N) is 1. The van der Waals surface area contributed by atoms with Crippen LogP contribution in [0.25, 0.3) is 0 Å². The number of Topliss-reactive ketones (excluding diaryl/α,β-unsaturated/α-hetero) is 2. The number of methoxy groups -OCH3 is 1. The van der Waals surface area contributed by atoms with Crippen LogP contribution >= 0.6 is 0 Å². The quantitative estimate of drug-likeness (QED) is 0.312. The van der Waals surface area contributed by atoms with E-state index in [1.54, 1.807) is 20.8 Å². The lowest BCUT2D eigenvalue weighted by atomic mass is 9.63. The third kappa shape index (κ3) is 4.72. The van der Waals surface area contributed by atoms with Crippen molar-refractivity contribution in [2.24, 2.45) is 22.2 Å². The van der Waals surface area contributed by atoms with Crippen molar-refractivity contribution in [1.82, 2.24) is 0 Å². The van der Waals surface area contributed by atoms with Gasteiger partial charge in [0.1, 0.15) is 17.6 Å². The molecule has 0 aromatic carbocycles. The minimum Gasteiger partial charge on any atom is -0.468 e. The molecule has 0 saturated heterocycles. The van der Waals surface area contributed by atoms with Crippen molar-refractivity contribution < 1.29 is 19.1 Å². The Labute approximate surface area is 138 Å². The number of unbranched alkanes of at least 4 members (excludes halogenated alkanes) is 3. The van der Waals surface area contributed by atoms with Gasteiger partial charge in [0.25, 0.3) is 0 Å². The van der Waals surface area contributed by atoms with Crippen molar-refractivity contribution in [3.63, 3.8) is 0 Å². The van der Waals surface area contributed by atoms with Crippen LogP contribution < -0.4 is 0 Å². The van der Waals surface area contributed by atoms with E-state index in [2.05, 4.69) is 11.9 Å². The summed E-state index contributed by atoms with van der Waals surface area (Å²) in [5.74, 6) is -2.87. The van der Waals surface area contributed by atoms with Crippen LogP contribution in [0, 0.1) is 17.3 Å². The van der Waals surface area contributed by atoms with Crippen molar-refractivity contribution in [3.8, 4) is 0 Å². The lowest BCUT2D eigenvalue weighted by molar-refractivity contribution is -0.159. The highest BCUT2D eigenvalue weighted by atomic mass is 16.5. The van der Waals surface area contributed by atoms with E-state index in [0.717, 1.165) is 25.7 Å². The molecule has 0 radical (unpaired) electrons. The third-order valence-corrected chi connectivity index (χ3v) is 4.53. The SMILES string of the molecule is CCCCCCN=C(C)C1C(=O)CC(C)(C)[C@@H](C(=O)OC)C1=O. The molecule has 0 spiro atoms. The van der Waals surface area contributed by atoms with Gasteiger partial charge in [-0.3, -0.25) is 19.4 Å². The molecule has 1 aliphatic carbocycles. The highest BCUT2D eigenvalue weighted by Crippen LogP contribution is 2.40. The summed E-state index contributed by atoms with van der Waals surface area (Å²) in [5, 5.41) is 0. The summed E-state index contributed by atoms with van der Waals surface area (Å²) in [7, 11) is 1.27. The Morgan fingerprint density at radius 3 is 2.48 bits per heavy atom. The highest BCUT2D eigenvalue weighted by Gasteiger charge is 2.52. The average molecular weight is 323 g/mol. The standard InChI is InChI=1S/C18H29NO4/c1-6-7-8-9-10-19-12(2)14-13(20)11-18(3,4)15(16(14)21)17(22)23-5/h14-15H,6-11H2,1-5H3/t14?,15-/m1/s1. The molecule has 1 aliphatic rings. The Morgan fingerprint density at radius 1 is 1.26 bits per heavy atom. The first-order valence-corrected chi connectivity index (χ1v) is 8.41. The van der Waals surface area contributed by atoms with Gasteiger partial charge in [-0.05, 0) is 18.8 Å². The van der Waals surface area contributed by atoms with Gasteiger partial charge in [0.05, 0.1) is 7.11 Å². The van der Waals surface area contributed by atoms with E-state index in [-0.39, 0.29) is 18.0 Å². The molecule has 23 heavy (non-hydrogen) atoms. The first-order valence-electron chi connectivity index (χ1n) is 8.41. The molecule has 5 heteroatoms. The van der Waals surface area contributed by atoms with Crippen LogP contribution in [0.4, 0.5) is 0 Å². The molecule has 0 N–H and O–H groups in total. The zero-order valence-corrected chi connectivity index (χ0v) is 15.0. The first kappa shape index (κ1) is 19.5. The smallest absolute Gasteiger partial charge is 0.316 e. The number of hydrogen-bond donors (Lipinski definition) is 0. The number of rotatable bonds is 7. The van der Waals surface area contributed by atoms with Gasteiger partial charge >= 0.3 is 5.97 Å². The van der Waals surface area contributed by atoms with Crippen LogP contribution in [0.15, 0.2) is 4.99 Å². The maximum Gasteiger partial charge on any atom is 0.316 e. The van der Waals surface area contributed by atoms with Gasteiger partial charge in [-0.1, -0.05) is 40.0 Å². The van der Waals surface area contributed by atoms with E-state index in [1.165, 1.54) is 7.11 Å². The normalized spacial score (nSPS) is 24.7. The molecule has 1 fully saturated rings. The predicted octanol–water partition coefficient (Wildman–Crippen LogP) is 3.00. The van der Waals surface area contributed by atoms with Crippen LogP contribution in [-0.2, 0) is 19.1 Å². The zero-order valence-electron chi connectivity index (χ0n) is 15.0. The first-order chi connectivity index (χ1) is 10.8. The molecule has 0 aliphatic heterocycles. The van der Waals surface area contributed by atoms with Crippen molar-refractivity contribution in [1.29, 1.82) is 0 Å². The minimum atomic E-state index is -0.902. The molecular weight excluding hydrogens is 294 g/mol. The number of carbonyl (C=O) groups is 3. The molecule has 1 saturated carbocycles. The maximum absolute atomic E-state index is 12.7. The van der Waals surface area contributed by atoms with Gasteiger partial charge in [-0.2, -0.15) is 0 Å². The Balaban J connectivity index is 2.89. The molecule has 2 atom stereocenters. The monoisotopic (exact) mass is 323 g/mol. The molecule has 1 unspecified atom stereocenters. The van der Waals surface area contributed by atoms with E-state index in [4.69, 9.17) is 4.74 Å². The lowest BCUT2D eigenvalue weighted by Gasteiger charge is -2.38. The fourth-order valence-electron chi connectivity index (χ4n) is 3.24. The third-order valence-electron chi connectivity index (χ3n) is 4.53. The van der Waals surface area contributed by atoms with Gasteiger partial charge in [0.2, 0.25) is 0 Å². The highest BCUT2D eigenvalue weighted by molar-refractivity contribution is 6.25. The van der Waals surface area contributed by atoms with Gasteiger partial charge in [-0.25, -0.2) is 0 Å². The number of ketones is 2. The second kappa shape index (κ2) is 8.37. The van der Waals surface area contributed by atoms with Gasteiger partial charge in [0, 0.05) is 18.7 Å². The van der Waals surface area contributed by atoms with Crippen LogP contribution in [0.2, 0.25) is 0 Å². The van der Waals surface area contributed by atoms with Crippen molar-refractivity contribution in [2.45, 2.75) is 59.8 Å². The Kier molecular flexibility index (Phi) is 7.10. The largest absolute Gasteiger partial charge is 0.468 e. The summed E-state index contributed by atoms with van der Waals surface area (Å²) in [6.07, 6.45) is 4.54. The Bertz CT molecular complexity index is 493. The molecule has 0 heterocycles. The summed E-state index contributed by atoms with van der Waals surface area (Å²) >= 11 is 0. The van der Waals surface area contributed by atoms with Gasteiger partial charge < -0.3 is 4.74 Å². The van der Waals surface area contributed by atoms with E-state index in [9.17, 15) is 14.4 Å². The van der Waals surface area contributed by atoms with Crippen LogP contribution in [0.3, 0.4) is 0 Å². The molecule has 0 amide bonds. The maximum atomic E-state index is 12.7. The minimum absolute atomic E-state index is 0.144. The van der Waals surface area contributed by atoms with Crippen molar-refractivity contribution in [2.75, 3.05) is 13.7 Å². The van der Waals surface area contributed by atoms with E-state index in [1.807, 2.05) is 0 Å². The summed E-state index contributed by atoms with van der Waals surface area (Å²) in [5.41, 5.74) is -0.181. The molecular formula is C18H29NO4. The van der Waals surface area contributed by atoms with Gasteiger partial charge in [0.15, 0.2) is 5.78 Å². The fraction of sp³-hybridized carbons (Fsp3) is 0.778. The van der Waals surface area contributed by atoms with Crippen LogP contribution in [-0.4, -0.2) is 36.9 Å². The second-order valence-electron chi connectivity index (χ2n) is 7.01. The number of esters is 1. The molecule has 130 valence electrons. The molecule has 5 nitrogen and oxygen atoms in total. The van der Waals surface area contributed by atoms with Crippen LogP contribution in [0.5, 0.6) is 0 Å². The summed E-state index contributed by atoms with van der Waals surface area (Å²) < 4.78 is 4.77. The van der Waals surface area contributed by atoms with E-state index < -0.39 is 23.2 Å². The summed E-state index contributed by atoms with van der Waals surface area (Å²) in [6.45, 7) is 8.00. The topological polar surface area (TPSA) is 72.8 Å². The molecule has 0 aromatic heterocycles. The zero-order chi connectivity index (χ0) is 17.6. The lowest BCUT2D eigenvalue weighted by Crippen LogP contribution is -2.51. The van der Waals surface area contributed by atoms with Crippen LogP contribution in [0.1, 0.15) is 59.8 Å². The Hall–Kier alpha value is -1.52. The van der Waals surface area contributed by atoms with Gasteiger partial charge in [-0.15, -0.1) is 0 Å². The number of ether oxygens (including phenoxy) is 1. The summed E-state index contributed by atoms with van der Waals surface area (Å²) in [4.78, 5) is 41.5. The van der Waals surface area contributed by atoms with E-state index >= 15 is 0 Å². The second-order valence-corrected chi connectivity index (χ2v) is 7.01. The molecule has 0 bridgehead atoms. The van der Waals surface area contributed by atoms with Crippen molar-refractivity contribution >= 4 is 23.2 Å². The Morgan fingerprint density at radius 2 is 1.91 bits per heavy atom. The molecule has 1 rings (SSSR count). The molecule has 0 aromatic rings. The summed E-state index contributed by atoms with van der Waals surface area (Å²) in [6, 6.07) is 0. The number of aliphatic imine (C=N–C) groups is 1. The fourth-order valence-corrected chi connectivity index (χ4v) is 3.24. The number of hydrogen-bond acceptors (Lipinski definition) is 5.